The van der Waals surface area contributed by atoms with Crippen LogP contribution in [0, 0.1) is 26.2 Å². The smallest absolute Gasteiger partial charge is 0.337 e. The maximum atomic E-state index is 13.1. The number of hydrogen-bond donors (Lipinski definition) is 1. The highest BCUT2D eigenvalue weighted by molar-refractivity contribution is 6.30. The van der Waals surface area contributed by atoms with E-state index in [0.29, 0.717) is 30.1 Å². The van der Waals surface area contributed by atoms with E-state index in [4.69, 9.17) is 16.3 Å². The number of ether oxygens (including phenoxy) is 1. The lowest BCUT2D eigenvalue weighted by Crippen LogP contribution is -2.29. The Balaban J connectivity index is 2.27. The maximum absolute atomic E-state index is 13.1. The molecule has 2 aromatic rings. The van der Waals surface area contributed by atoms with Crippen molar-refractivity contribution in [3.63, 3.8) is 0 Å². The highest BCUT2D eigenvalue weighted by Gasteiger charge is 2.37. The van der Waals surface area contributed by atoms with Crippen LogP contribution in [0.3, 0.4) is 0 Å². The second-order valence-electron chi connectivity index (χ2n) is 11.9. The van der Waals surface area contributed by atoms with Crippen molar-refractivity contribution in [2.24, 2.45) is 5.41 Å². The lowest BCUT2D eigenvalue weighted by Gasteiger charge is -2.30. The van der Waals surface area contributed by atoms with Gasteiger partial charge in [-0.15, -0.1) is 0 Å². The topological polar surface area (TPSA) is 66.8 Å². The van der Waals surface area contributed by atoms with Crippen LogP contribution in [0.4, 0.5) is 0 Å². The van der Waals surface area contributed by atoms with Crippen molar-refractivity contribution in [3.05, 3.63) is 56.6 Å². The van der Waals surface area contributed by atoms with Crippen LogP contribution >= 0.6 is 11.6 Å². The molecule has 1 aliphatic heterocycles. The zero-order chi connectivity index (χ0) is 26.5. The van der Waals surface area contributed by atoms with E-state index in [0.717, 1.165) is 38.9 Å². The van der Waals surface area contributed by atoms with E-state index < -0.39 is 17.7 Å². The average Bonchev–Trinajstić information content (AvgIpc) is 3.14. The van der Waals surface area contributed by atoms with Gasteiger partial charge >= 0.3 is 5.97 Å². The van der Waals surface area contributed by atoms with E-state index in [2.05, 4.69) is 20.8 Å². The molecule has 0 spiro atoms. The second-order valence-corrected chi connectivity index (χ2v) is 12.3. The number of carbonyl (C=O) groups excluding carboxylic acids is 1. The predicted molar refractivity (Wildman–Crippen MR) is 141 cm³/mol. The number of amides is 1. The number of nitrogens with zero attached hydrogens (tertiary/aromatic N) is 1. The van der Waals surface area contributed by atoms with Crippen molar-refractivity contribution >= 4 is 23.5 Å². The Morgan fingerprint density at radius 2 is 1.60 bits per heavy atom. The van der Waals surface area contributed by atoms with Crippen molar-refractivity contribution in [2.75, 3.05) is 0 Å². The van der Waals surface area contributed by atoms with Crippen LogP contribution in [0.25, 0.3) is 11.1 Å². The van der Waals surface area contributed by atoms with E-state index in [-0.39, 0.29) is 11.3 Å². The molecule has 0 saturated carbocycles. The Morgan fingerprint density at radius 1 is 1.03 bits per heavy atom. The SMILES string of the molecule is Cc1cc(Cl)ccc1-c1c(C)c2c(c(C)c1C(OC(C)(C)C)C(=O)O)CN(C(=O)CC(C)(C)C)C2. The molecular weight excluding hydrogens is 462 g/mol. The van der Waals surface area contributed by atoms with Gasteiger partial charge in [0, 0.05) is 30.1 Å². The molecule has 190 valence electrons. The van der Waals surface area contributed by atoms with Gasteiger partial charge in [0.05, 0.1) is 5.60 Å². The summed E-state index contributed by atoms with van der Waals surface area (Å²) in [6.45, 7) is 18.7. The molecule has 1 N–H and O–H groups in total. The molecule has 1 aliphatic rings. The summed E-state index contributed by atoms with van der Waals surface area (Å²) in [5.74, 6) is -0.923. The fourth-order valence-corrected chi connectivity index (χ4v) is 5.16. The lowest BCUT2D eigenvalue weighted by atomic mass is 9.82. The van der Waals surface area contributed by atoms with Gasteiger partial charge in [-0.3, -0.25) is 4.79 Å². The largest absolute Gasteiger partial charge is 0.479 e. The van der Waals surface area contributed by atoms with E-state index in [1.165, 1.54) is 0 Å². The third-order valence-electron chi connectivity index (χ3n) is 6.47. The first-order valence-electron chi connectivity index (χ1n) is 12.1. The zero-order valence-corrected chi connectivity index (χ0v) is 23.2. The standard InChI is InChI=1S/C29H38ClNO4/c1-16-12-19(30)10-11-20(16)24-17(2)21-14-31(23(32)13-28(4,5)6)15-22(21)18(3)25(24)26(27(33)34)35-29(7,8)9/h10-12,26H,13-15H2,1-9H3,(H,33,34). The quantitative estimate of drug-likeness (QED) is 0.474. The van der Waals surface area contributed by atoms with E-state index in [9.17, 15) is 14.7 Å². The fraction of sp³-hybridized carbons (Fsp3) is 0.517. The predicted octanol–water partition coefficient (Wildman–Crippen LogP) is 7.15. The summed E-state index contributed by atoms with van der Waals surface area (Å²) in [5.41, 5.74) is 6.60. The van der Waals surface area contributed by atoms with Gasteiger partial charge in [-0.25, -0.2) is 4.79 Å². The number of halogens is 1. The van der Waals surface area contributed by atoms with Gasteiger partial charge in [0.25, 0.3) is 0 Å². The van der Waals surface area contributed by atoms with Gasteiger partial charge in [0.1, 0.15) is 0 Å². The normalized spacial score (nSPS) is 14.7. The highest BCUT2D eigenvalue weighted by atomic mass is 35.5. The van der Waals surface area contributed by atoms with Crippen LogP contribution in [0.1, 0.15) is 87.4 Å². The molecule has 3 rings (SSSR count). The molecule has 1 amide bonds. The first-order chi connectivity index (χ1) is 16.0. The molecule has 1 atom stereocenters. The summed E-state index contributed by atoms with van der Waals surface area (Å²) < 4.78 is 6.14. The van der Waals surface area contributed by atoms with Crippen LogP contribution in [0.5, 0.6) is 0 Å². The van der Waals surface area contributed by atoms with Gasteiger partial charge < -0.3 is 14.7 Å². The maximum Gasteiger partial charge on any atom is 0.337 e. The van der Waals surface area contributed by atoms with Gasteiger partial charge in [0.2, 0.25) is 5.91 Å². The van der Waals surface area contributed by atoms with Crippen molar-refractivity contribution in [2.45, 2.75) is 93.5 Å². The Bertz CT molecular complexity index is 1170. The minimum absolute atomic E-state index is 0.109. The second kappa shape index (κ2) is 9.59. The summed E-state index contributed by atoms with van der Waals surface area (Å²) in [5, 5.41) is 10.9. The number of rotatable bonds is 5. The van der Waals surface area contributed by atoms with Gasteiger partial charge in [-0.2, -0.15) is 0 Å². The van der Waals surface area contributed by atoms with Gasteiger partial charge in [0.15, 0.2) is 6.10 Å². The molecule has 6 heteroatoms. The van der Waals surface area contributed by atoms with Crippen molar-refractivity contribution in [3.8, 4) is 11.1 Å². The van der Waals surface area contributed by atoms with Gasteiger partial charge in [-0.05, 0) is 98.0 Å². The average molecular weight is 500 g/mol. The van der Waals surface area contributed by atoms with Crippen LogP contribution in [-0.2, 0) is 27.4 Å². The Kier molecular flexibility index (Phi) is 7.46. The molecule has 0 bridgehead atoms. The number of carboxylic acid groups (broad SMARTS) is 1. The highest BCUT2D eigenvalue weighted by Crippen LogP contribution is 2.45. The fourth-order valence-electron chi connectivity index (χ4n) is 4.93. The molecular formula is C29H38ClNO4. The van der Waals surface area contributed by atoms with Crippen molar-refractivity contribution < 1.29 is 19.4 Å². The summed E-state index contributed by atoms with van der Waals surface area (Å²) in [6.07, 6.45) is -0.691. The van der Waals surface area contributed by atoms with Crippen LogP contribution < -0.4 is 0 Å². The summed E-state index contributed by atoms with van der Waals surface area (Å²) >= 11 is 6.25. The molecule has 0 aliphatic carbocycles. The Hall–Kier alpha value is -2.37. The number of aliphatic carboxylic acids is 1. The number of carbonyl (C=O) groups is 2. The third-order valence-corrected chi connectivity index (χ3v) is 6.70. The minimum atomic E-state index is -1.15. The molecule has 0 fully saturated rings. The third kappa shape index (κ3) is 5.90. The number of fused-ring (bicyclic) bond motifs is 1. The molecule has 0 radical (unpaired) electrons. The van der Waals surface area contributed by atoms with Crippen LogP contribution in [0.2, 0.25) is 5.02 Å². The van der Waals surface area contributed by atoms with Gasteiger partial charge in [-0.1, -0.05) is 38.4 Å². The van der Waals surface area contributed by atoms with Crippen LogP contribution in [0.15, 0.2) is 18.2 Å². The molecule has 35 heavy (non-hydrogen) atoms. The van der Waals surface area contributed by atoms with Crippen LogP contribution in [-0.4, -0.2) is 27.5 Å². The molecule has 0 saturated heterocycles. The zero-order valence-electron chi connectivity index (χ0n) is 22.4. The monoisotopic (exact) mass is 499 g/mol. The number of benzene rings is 2. The number of hydrogen-bond acceptors (Lipinski definition) is 3. The number of aryl methyl sites for hydroxylation is 1. The van der Waals surface area contributed by atoms with E-state index in [1.807, 2.05) is 64.6 Å². The molecule has 1 unspecified atom stereocenters. The Labute approximate surface area is 214 Å². The summed E-state index contributed by atoms with van der Waals surface area (Å²) in [6, 6.07) is 5.67. The minimum Gasteiger partial charge on any atom is -0.479 e. The number of carboxylic acids is 1. The van der Waals surface area contributed by atoms with Crippen molar-refractivity contribution in [1.29, 1.82) is 0 Å². The lowest BCUT2D eigenvalue weighted by molar-refractivity contribution is -0.160. The molecule has 2 aromatic carbocycles. The molecule has 1 heterocycles. The summed E-state index contributed by atoms with van der Waals surface area (Å²) in [4.78, 5) is 27.6. The van der Waals surface area contributed by atoms with E-state index in [1.54, 1.807) is 0 Å². The van der Waals surface area contributed by atoms with E-state index >= 15 is 0 Å². The Morgan fingerprint density at radius 3 is 2.09 bits per heavy atom. The first-order valence-corrected chi connectivity index (χ1v) is 12.5. The first kappa shape index (κ1) is 27.2. The molecule has 0 aromatic heterocycles. The summed E-state index contributed by atoms with van der Waals surface area (Å²) in [7, 11) is 0. The van der Waals surface area contributed by atoms with Crippen molar-refractivity contribution in [1.82, 2.24) is 4.90 Å². The molecule has 5 nitrogen and oxygen atoms in total.